The first-order valence-corrected chi connectivity index (χ1v) is 17.0. The zero-order valence-electron chi connectivity index (χ0n) is 28.7. The molecule has 0 N–H and O–H groups in total. The second-order valence-corrected chi connectivity index (χ2v) is 12.4. The van der Waals surface area contributed by atoms with Gasteiger partial charge in [-0.2, -0.15) is 8.96 Å². The number of carbonyl (C=O) groups excluding carboxylic acids is 4. The highest BCUT2D eigenvalue weighted by molar-refractivity contribution is 6.32. The number of nitrogens with zero attached hydrogens (tertiary/aromatic N) is 3. The molecule has 53 heavy (non-hydrogen) atoms. The molecule has 5 rings (SSSR count). The zero-order valence-corrected chi connectivity index (χ0v) is 29.5. The summed E-state index contributed by atoms with van der Waals surface area (Å²) in [7, 11) is 0. The molecular weight excluding hydrogens is 717 g/mol. The highest BCUT2D eigenvalue weighted by Crippen LogP contribution is 2.31. The van der Waals surface area contributed by atoms with E-state index in [2.05, 4.69) is 4.98 Å². The summed E-state index contributed by atoms with van der Waals surface area (Å²) in [6.07, 6.45) is 1.47. The Kier molecular flexibility index (Phi) is 13.0. The number of rotatable bonds is 14. The van der Waals surface area contributed by atoms with E-state index in [4.69, 9.17) is 35.3 Å². The Bertz CT molecular complexity index is 2100. The predicted octanol–water partition coefficient (Wildman–Crippen LogP) is 5.03. The third-order valence-corrected chi connectivity index (χ3v) is 8.35. The highest BCUT2D eigenvalue weighted by atomic mass is 35.5. The Morgan fingerprint density at radius 1 is 1.00 bits per heavy atom. The minimum absolute atomic E-state index is 0.00516. The third kappa shape index (κ3) is 9.88. The molecule has 14 nitrogen and oxygen atoms in total. The molecular formula is C37H35ClFN3O11. The van der Waals surface area contributed by atoms with Gasteiger partial charge < -0.3 is 23.7 Å². The summed E-state index contributed by atoms with van der Waals surface area (Å²) >= 11 is 6.10. The van der Waals surface area contributed by atoms with Crippen LogP contribution in [0, 0.1) is 5.82 Å². The molecule has 2 aromatic carbocycles. The molecule has 3 atom stereocenters. The van der Waals surface area contributed by atoms with Crippen LogP contribution in [0.4, 0.5) is 4.39 Å². The minimum Gasteiger partial charge on any atom is -0.463 e. The van der Waals surface area contributed by atoms with Crippen molar-refractivity contribution in [1.29, 1.82) is 0 Å². The van der Waals surface area contributed by atoms with Crippen LogP contribution in [0.5, 0.6) is 11.6 Å². The number of pyridine rings is 1. The van der Waals surface area contributed by atoms with E-state index in [1.807, 2.05) is 37.3 Å². The molecule has 1 aliphatic rings. The van der Waals surface area contributed by atoms with Crippen LogP contribution in [0.15, 0.2) is 82.6 Å². The predicted molar refractivity (Wildman–Crippen MR) is 185 cm³/mol. The second kappa shape index (κ2) is 17.8. The van der Waals surface area contributed by atoms with E-state index in [1.165, 1.54) is 25.1 Å². The molecule has 1 aliphatic heterocycles. The molecule has 2 aromatic heterocycles. The number of unbranched alkanes of at least 4 members (excludes halogenated alkanes) is 2. The van der Waals surface area contributed by atoms with Gasteiger partial charge >= 0.3 is 23.6 Å². The lowest BCUT2D eigenvalue weighted by molar-refractivity contribution is -0.148. The largest absolute Gasteiger partial charge is 0.463 e. The van der Waals surface area contributed by atoms with Crippen molar-refractivity contribution in [3.63, 3.8) is 0 Å². The molecule has 0 unspecified atom stereocenters. The summed E-state index contributed by atoms with van der Waals surface area (Å²) < 4.78 is 43.6. The van der Waals surface area contributed by atoms with Crippen LogP contribution in [-0.2, 0) is 30.4 Å². The van der Waals surface area contributed by atoms with Crippen molar-refractivity contribution in [2.45, 2.75) is 71.0 Å². The topological polar surface area (TPSA) is 171 Å². The maximum Gasteiger partial charge on any atom is 0.344 e. The number of aromatic nitrogens is 3. The zero-order chi connectivity index (χ0) is 38.1. The molecule has 0 radical (unpaired) electrons. The van der Waals surface area contributed by atoms with E-state index >= 15 is 4.39 Å². The van der Waals surface area contributed by atoms with Crippen LogP contribution >= 0.6 is 11.6 Å². The van der Waals surface area contributed by atoms with E-state index in [0.29, 0.717) is 12.6 Å². The van der Waals surface area contributed by atoms with Crippen molar-refractivity contribution >= 4 is 35.4 Å². The molecule has 0 saturated carbocycles. The smallest absolute Gasteiger partial charge is 0.344 e. The molecule has 3 heterocycles. The summed E-state index contributed by atoms with van der Waals surface area (Å²) in [4.78, 5) is 80.9. The lowest BCUT2D eigenvalue weighted by atomic mass is 10.1. The summed E-state index contributed by atoms with van der Waals surface area (Å²) in [5.74, 6) is -5.13. The van der Waals surface area contributed by atoms with E-state index in [9.17, 15) is 28.8 Å². The van der Waals surface area contributed by atoms with Crippen molar-refractivity contribution < 1.29 is 47.3 Å². The van der Waals surface area contributed by atoms with Gasteiger partial charge in [-0.05, 0) is 30.2 Å². The average molecular weight is 752 g/mol. The SMILES string of the molecule is CCCCCC(=O)Oc1cc(OC(=O)c2cccc(C(=O)n3c(=O)c(F)cn([C@H]4C[C@H](OCc5ccccc5)[C@@H](COC(C)=O)O4)c3=O)c2)ncc1Cl. The summed E-state index contributed by atoms with van der Waals surface area (Å²) in [5, 5.41) is 0.00516. The lowest BCUT2D eigenvalue weighted by Gasteiger charge is -2.18. The van der Waals surface area contributed by atoms with Crippen LogP contribution in [-0.4, -0.2) is 56.7 Å². The number of hydrogen-bond donors (Lipinski definition) is 0. The maximum absolute atomic E-state index is 15.1. The van der Waals surface area contributed by atoms with Gasteiger partial charge in [0.1, 0.15) is 24.0 Å². The van der Waals surface area contributed by atoms with Crippen LogP contribution < -0.4 is 20.7 Å². The quantitative estimate of drug-likeness (QED) is 0.125. The number of hydrogen-bond acceptors (Lipinski definition) is 12. The van der Waals surface area contributed by atoms with Crippen molar-refractivity contribution in [1.82, 2.24) is 14.1 Å². The van der Waals surface area contributed by atoms with Crippen molar-refractivity contribution in [3.05, 3.63) is 121 Å². The highest BCUT2D eigenvalue weighted by Gasteiger charge is 2.39. The number of carbonyl (C=O) groups is 4. The molecule has 278 valence electrons. The summed E-state index contributed by atoms with van der Waals surface area (Å²) in [5.41, 5.74) is -2.44. The first-order chi connectivity index (χ1) is 25.4. The Morgan fingerprint density at radius 2 is 1.75 bits per heavy atom. The third-order valence-electron chi connectivity index (χ3n) is 8.07. The molecule has 0 amide bonds. The van der Waals surface area contributed by atoms with Crippen LogP contribution in [0.1, 0.15) is 78.5 Å². The van der Waals surface area contributed by atoms with Gasteiger partial charge in [0.25, 0.3) is 11.5 Å². The molecule has 0 spiro atoms. The average Bonchev–Trinajstić information content (AvgIpc) is 3.56. The van der Waals surface area contributed by atoms with E-state index in [0.717, 1.165) is 41.3 Å². The lowest BCUT2D eigenvalue weighted by Crippen LogP contribution is -2.46. The summed E-state index contributed by atoms with van der Waals surface area (Å²) in [6.45, 7) is 3.12. The van der Waals surface area contributed by atoms with Gasteiger partial charge in [0.2, 0.25) is 11.7 Å². The number of ether oxygens (including phenoxy) is 5. The van der Waals surface area contributed by atoms with Gasteiger partial charge in [-0.3, -0.25) is 23.7 Å². The standard InChI is InChI=1S/C37H35ClFN3O11/c1-3-4-6-14-33(44)52-28-16-31(40-18-26(28)38)53-36(47)25-13-9-12-24(15-25)34(45)42-35(46)27(39)19-41(37(42)48)32-17-29(30(51-32)21-49-22(2)43)50-20-23-10-7-5-8-11-23/h5,7-13,15-16,18-19,29-30,32H,3-4,6,14,17,20-21H2,1-2H3/t29-,30+,32+/m0/s1. The number of halogens is 2. The summed E-state index contributed by atoms with van der Waals surface area (Å²) in [6, 6.07) is 15.2. The Balaban J connectivity index is 1.35. The Morgan fingerprint density at radius 3 is 2.49 bits per heavy atom. The first-order valence-electron chi connectivity index (χ1n) is 16.7. The van der Waals surface area contributed by atoms with E-state index < -0.39 is 59.3 Å². The van der Waals surface area contributed by atoms with Crippen molar-refractivity contribution in [2.24, 2.45) is 0 Å². The molecule has 0 bridgehead atoms. The van der Waals surface area contributed by atoms with Gasteiger partial charge in [-0.25, -0.2) is 14.6 Å². The van der Waals surface area contributed by atoms with Crippen LogP contribution in [0.2, 0.25) is 5.02 Å². The Labute approximate surface area is 307 Å². The van der Waals surface area contributed by atoms with Gasteiger partial charge in [0, 0.05) is 31.4 Å². The molecule has 4 aromatic rings. The fourth-order valence-corrected chi connectivity index (χ4v) is 5.53. The fraction of sp³-hybridized carbons (Fsp3) is 0.324. The normalized spacial score (nSPS) is 16.6. The minimum atomic E-state index is -1.53. The van der Waals surface area contributed by atoms with Gasteiger partial charge in [-0.1, -0.05) is 67.8 Å². The van der Waals surface area contributed by atoms with Crippen LogP contribution in [0.25, 0.3) is 0 Å². The van der Waals surface area contributed by atoms with Crippen molar-refractivity contribution in [3.8, 4) is 11.6 Å². The number of benzene rings is 2. The van der Waals surface area contributed by atoms with E-state index in [1.54, 1.807) is 0 Å². The number of esters is 3. The van der Waals surface area contributed by atoms with Gasteiger partial charge in [0.15, 0.2) is 5.75 Å². The maximum atomic E-state index is 15.1. The molecule has 16 heteroatoms. The van der Waals surface area contributed by atoms with Crippen LogP contribution in [0.3, 0.4) is 0 Å². The Hall–Kier alpha value is -5.51. The van der Waals surface area contributed by atoms with Gasteiger partial charge in [0.05, 0.1) is 30.7 Å². The monoisotopic (exact) mass is 751 g/mol. The van der Waals surface area contributed by atoms with Gasteiger partial charge in [-0.15, -0.1) is 0 Å². The fourth-order valence-electron chi connectivity index (χ4n) is 5.39. The van der Waals surface area contributed by atoms with E-state index in [-0.39, 0.29) is 58.4 Å². The molecule has 0 aliphatic carbocycles. The molecule has 1 fully saturated rings. The van der Waals surface area contributed by atoms with Crippen molar-refractivity contribution in [2.75, 3.05) is 6.61 Å². The second-order valence-electron chi connectivity index (χ2n) is 12.0. The first kappa shape index (κ1) is 38.7. The molecule has 1 saturated heterocycles.